The van der Waals surface area contributed by atoms with E-state index in [-0.39, 0.29) is 18.6 Å². The molecule has 1 atom stereocenters. The zero-order valence-electron chi connectivity index (χ0n) is 22.3. The molecule has 0 radical (unpaired) electrons. The van der Waals surface area contributed by atoms with Crippen LogP contribution >= 0.6 is 0 Å². The van der Waals surface area contributed by atoms with Crippen LogP contribution in [0.15, 0.2) is 54.7 Å². The van der Waals surface area contributed by atoms with E-state index in [9.17, 15) is 14.7 Å². The van der Waals surface area contributed by atoms with Crippen LogP contribution < -0.4 is 5.48 Å². The zero-order chi connectivity index (χ0) is 27.1. The number of hydroxylamine groups is 1. The topological polar surface area (TPSA) is 98.0 Å². The molecule has 2 aromatic carbocycles. The molecule has 0 fully saturated rings. The van der Waals surface area contributed by atoms with Crippen molar-refractivity contribution in [2.24, 2.45) is 0 Å². The second kappa shape index (κ2) is 12.9. The van der Waals surface area contributed by atoms with Crippen LogP contribution in [0.4, 0.5) is 0 Å². The molecule has 3 N–H and O–H groups in total. The fraction of sp³-hybridized carbons (Fsp3) is 0.400. The fourth-order valence-corrected chi connectivity index (χ4v) is 5.60. The third-order valence-electron chi connectivity index (χ3n) is 7.54. The molecule has 8 heteroatoms. The van der Waals surface area contributed by atoms with Crippen LogP contribution in [-0.2, 0) is 29.0 Å². The maximum absolute atomic E-state index is 12.8. The highest BCUT2D eigenvalue weighted by molar-refractivity contribution is 5.90. The van der Waals surface area contributed by atoms with E-state index in [4.69, 9.17) is 5.21 Å². The summed E-state index contributed by atoms with van der Waals surface area (Å²) in [6, 6.07) is 14.6. The molecule has 0 aliphatic heterocycles. The number of fused-ring (bicyclic) bond motifs is 2. The van der Waals surface area contributed by atoms with Crippen LogP contribution in [-0.4, -0.2) is 69.3 Å². The van der Waals surface area contributed by atoms with Gasteiger partial charge in [0.2, 0.25) is 5.91 Å². The lowest BCUT2D eigenvalue weighted by Crippen LogP contribution is -2.33. The molecule has 202 valence electrons. The first-order valence-electron chi connectivity index (χ1n) is 13.4. The molecule has 0 bridgehead atoms. The number of carbonyl (C=O) groups excluding carboxylic acids is 2. The lowest BCUT2D eigenvalue weighted by Gasteiger charge is -2.29. The fourth-order valence-electron chi connectivity index (χ4n) is 5.60. The number of benzene rings is 2. The maximum atomic E-state index is 12.8. The standard InChI is InChI=1S/C30H38N4O4/c1-3-32(4-2)30(37)21-34-20-24(25-7-5-6-8-27(25)34)15-16-33(17-18-35)28-13-11-23-19-22(9-12-26(23)28)10-14-29(36)31-38/h5-10,12,14,19-20,28,35,38H,3-4,11,13,15-18,21H2,1-2H3,(H,31,36). The third-order valence-corrected chi connectivity index (χ3v) is 7.54. The molecule has 0 saturated heterocycles. The van der Waals surface area contributed by atoms with Crippen molar-refractivity contribution in [3.63, 3.8) is 0 Å². The summed E-state index contributed by atoms with van der Waals surface area (Å²) in [7, 11) is 0. The van der Waals surface area contributed by atoms with E-state index in [1.807, 2.05) is 36.9 Å². The highest BCUT2D eigenvalue weighted by Gasteiger charge is 2.28. The second-order valence-corrected chi connectivity index (χ2v) is 9.70. The Bertz CT molecular complexity index is 1290. The normalized spacial score (nSPS) is 14.9. The van der Waals surface area contributed by atoms with Crippen LogP contribution in [0.25, 0.3) is 17.0 Å². The summed E-state index contributed by atoms with van der Waals surface area (Å²) >= 11 is 0. The average molecular weight is 519 g/mol. The van der Waals surface area contributed by atoms with E-state index >= 15 is 0 Å². The van der Waals surface area contributed by atoms with Gasteiger partial charge in [-0.05, 0) is 67.5 Å². The maximum Gasteiger partial charge on any atom is 0.267 e. The van der Waals surface area contributed by atoms with Gasteiger partial charge in [0.1, 0.15) is 6.54 Å². The molecule has 1 heterocycles. The molecule has 38 heavy (non-hydrogen) atoms. The third kappa shape index (κ3) is 6.15. The molecule has 1 aliphatic rings. The van der Waals surface area contributed by atoms with Gasteiger partial charge in [0, 0.05) is 55.4 Å². The number of nitrogens with one attached hydrogen (secondary N) is 1. The van der Waals surface area contributed by atoms with E-state index in [0.717, 1.165) is 36.9 Å². The van der Waals surface area contributed by atoms with Crippen LogP contribution in [0.3, 0.4) is 0 Å². The van der Waals surface area contributed by atoms with Crippen molar-refractivity contribution in [2.45, 2.75) is 45.7 Å². The largest absolute Gasteiger partial charge is 0.395 e. The Balaban J connectivity index is 1.51. The lowest BCUT2D eigenvalue weighted by molar-refractivity contribution is -0.131. The monoisotopic (exact) mass is 518 g/mol. The Labute approximate surface area is 224 Å². The number of nitrogens with zero attached hydrogens (tertiary/aromatic N) is 3. The van der Waals surface area contributed by atoms with Gasteiger partial charge in [-0.2, -0.15) is 0 Å². The van der Waals surface area contributed by atoms with Crippen LogP contribution in [0.1, 0.15) is 48.6 Å². The van der Waals surface area contributed by atoms with E-state index in [1.165, 1.54) is 28.2 Å². The van der Waals surface area contributed by atoms with E-state index in [2.05, 4.69) is 39.9 Å². The molecular weight excluding hydrogens is 480 g/mol. The van der Waals surface area contributed by atoms with Gasteiger partial charge in [-0.3, -0.25) is 19.7 Å². The Morgan fingerprint density at radius 3 is 2.66 bits per heavy atom. The van der Waals surface area contributed by atoms with Gasteiger partial charge in [-0.25, -0.2) is 5.48 Å². The van der Waals surface area contributed by atoms with Crippen molar-refractivity contribution in [1.29, 1.82) is 0 Å². The highest BCUT2D eigenvalue weighted by atomic mass is 16.5. The first-order valence-corrected chi connectivity index (χ1v) is 13.4. The summed E-state index contributed by atoms with van der Waals surface area (Å²) in [5, 5.41) is 19.7. The number of aryl methyl sites for hydroxylation is 1. The Kier molecular flexibility index (Phi) is 9.33. The summed E-state index contributed by atoms with van der Waals surface area (Å²) in [6.45, 7) is 7.21. The summed E-state index contributed by atoms with van der Waals surface area (Å²) in [6.07, 6.45) is 7.83. The van der Waals surface area contributed by atoms with Crippen LogP contribution in [0.2, 0.25) is 0 Å². The molecule has 0 saturated carbocycles. The molecule has 2 amide bonds. The number of aromatic nitrogens is 1. The zero-order valence-corrected chi connectivity index (χ0v) is 22.3. The Hall–Kier alpha value is -3.46. The molecular formula is C30H38N4O4. The van der Waals surface area contributed by atoms with Crippen molar-refractivity contribution in [1.82, 2.24) is 19.8 Å². The summed E-state index contributed by atoms with van der Waals surface area (Å²) in [5.74, 6) is -0.436. The molecule has 8 nitrogen and oxygen atoms in total. The summed E-state index contributed by atoms with van der Waals surface area (Å²) < 4.78 is 2.07. The van der Waals surface area contributed by atoms with Crippen LogP contribution in [0, 0.1) is 0 Å². The minimum atomic E-state index is -0.559. The molecule has 1 aliphatic carbocycles. The number of carbonyl (C=O) groups is 2. The van der Waals surface area contributed by atoms with Crippen molar-refractivity contribution >= 4 is 28.8 Å². The van der Waals surface area contributed by atoms with Gasteiger partial charge in [0.25, 0.3) is 5.91 Å². The molecule has 1 aromatic heterocycles. The first-order chi connectivity index (χ1) is 18.5. The van der Waals surface area contributed by atoms with Gasteiger partial charge >= 0.3 is 0 Å². The number of hydrogen-bond acceptors (Lipinski definition) is 5. The van der Waals surface area contributed by atoms with E-state index < -0.39 is 5.91 Å². The van der Waals surface area contributed by atoms with Gasteiger partial charge < -0.3 is 14.6 Å². The number of rotatable bonds is 12. The van der Waals surface area contributed by atoms with Gasteiger partial charge in [0.15, 0.2) is 0 Å². The summed E-state index contributed by atoms with van der Waals surface area (Å²) in [4.78, 5) is 28.3. The minimum Gasteiger partial charge on any atom is -0.395 e. The van der Waals surface area contributed by atoms with Gasteiger partial charge in [0.05, 0.1) is 6.61 Å². The molecule has 4 rings (SSSR count). The predicted molar refractivity (Wildman–Crippen MR) is 149 cm³/mol. The van der Waals surface area contributed by atoms with Gasteiger partial charge in [-0.1, -0.05) is 36.4 Å². The number of hydrogen-bond donors (Lipinski definition) is 3. The smallest absolute Gasteiger partial charge is 0.267 e. The number of aliphatic hydroxyl groups excluding tert-OH is 1. The van der Waals surface area contributed by atoms with Crippen molar-refractivity contribution < 1.29 is 19.9 Å². The number of para-hydroxylation sites is 1. The number of aliphatic hydroxyl groups is 1. The van der Waals surface area contributed by atoms with Gasteiger partial charge in [-0.15, -0.1) is 0 Å². The lowest BCUT2D eigenvalue weighted by atomic mass is 10.0. The molecule has 1 unspecified atom stereocenters. The quantitative estimate of drug-likeness (QED) is 0.194. The average Bonchev–Trinajstić information content (AvgIpc) is 3.51. The summed E-state index contributed by atoms with van der Waals surface area (Å²) in [5.41, 5.74) is 7.30. The Morgan fingerprint density at radius 2 is 1.92 bits per heavy atom. The Morgan fingerprint density at radius 1 is 1.13 bits per heavy atom. The first kappa shape index (κ1) is 27.6. The highest BCUT2D eigenvalue weighted by Crippen LogP contribution is 2.36. The van der Waals surface area contributed by atoms with Crippen molar-refractivity contribution in [3.05, 3.63) is 77.0 Å². The molecule has 3 aromatic rings. The molecule has 0 spiro atoms. The van der Waals surface area contributed by atoms with Crippen molar-refractivity contribution in [2.75, 3.05) is 32.8 Å². The SMILES string of the molecule is CCN(CC)C(=O)Cn1cc(CCN(CCO)C2CCc3cc(C=CC(=O)NO)ccc32)c2ccccc21. The van der Waals surface area contributed by atoms with E-state index in [0.29, 0.717) is 26.2 Å². The minimum absolute atomic E-state index is 0.0864. The van der Waals surface area contributed by atoms with E-state index in [1.54, 1.807) is 11.6 Å². The predicted octanol–water partition coefficient (Wildman–Crippen LogP) is 3.55. The van der Waals surface area contributed by atoms with Crippen molar-refractivity contribution in [3.8, 4) is 0 Å². The second-order valence-electron chi connectivity index (χ2n) is 9.70. The number of likely N-dealkylation sites (N-methyl/N-ethyl adjacent to an activating group) is 1. The number of amides is 2. The van der Waals surface area contributed by atoms with Crippen LogP contribution in [0.5, 0.6) is 0 Å².